The van der Waals surface area contributed by atoms with Gasteiger partial charge in [-0.15, -0.1) is 0 Å². The second kappa shape index (κ2) is 6.22. The molecule has 28 heavy (non-hydrogen) atoms. The van der Waals surface area contributed by atoms with Crippen LogP contribution in [0.1, 0.15) is 42.9 Å². The second-order valence-corrected chi connectivity index (χ2v) is 7.93. The molecule has 0 bridgehead atoms. The molecular formula is C19H20F3N3O3. The Hall–Kier alpha value is -2.58. The van der Waals surface area contributed by atoms with E-state index < -0.39 is 35.1 Å². The third-order valence-electron chi connectivity index (χ3n) is 5.86. The lowest BCUT2D eigenvalue weighted by molar-refractivity contribution is -0.138. The molecule has 4 amide bonds. The number of amides is 4. The fourth-order valence-corrected chi connectivity index (χ4v) is 4.29. The number of rotatable bonds is 4. The smallest absolute Gasteiger partial charge is 0.334 e. The number of imide groups is 1. The SMILES string of the molecule is C[C@H](C[C@]1(C2CC2)NC(=O)NC1=O)C(=O)N1Cc2ccc(C(F)(F)F)cc2C1. The third kappa shape index (κ3) is 3.12. The van der Waals surface area contributed by atoms with Crippen LogP contribution >= 0.6 is 0 Å². The molecule has 2 N–H and O–H groups in total. The number of hydrogen-bond donors (Lipinski definition) is 2. The van der Waals surface area contributed by atoms with E-state index in [0.29, 0.717) is 11.1 Å². The van der Waals surface area contributed by atoms with Gasteiger partial charge in [-0.1, -0.05) is 13.0 Å². The number of hydrogen-bond acceptors (Lipinski definition) is 3. The summed E-state index contributed by atoms with van der Waals surface area (Å²) < 4.78 is 38.7. The number of alkyl halides is 3. The van der Waals surface area contributed by atoms with Crippen molar-refractivity contribution in [3.8, 4) is 0 Å². The minimum Gasteiger partial charge on any atom is -0.334 e. The van der Waals surface area contributed by atoms with Crippen LogP contribution in [0, 0.1) is 11.8 Å². The highest BCUT2D eigenvalue weighted by Crippen LogP contribution is 2.45. The van der Waals surface area contributed by atoms with Crippen molar-refractivity contribution in [2.24, 2.45) is 11.8 Å². The Balaban J connectivity index is 1.47. The molecule has 2 fully saturated rings. The van der Waals surface area contributed by atoms with Gasteiger partial charge >= 0.3 is 12.2 Å². The molecule has 3 aliphatic rings. The predicted octanol–water partition coefficient (Wildman–Crippen LogP) is 2.56. The summed E-state index contributed by atoms with van der Waals surface area (Å²) >= 11 is 0. The first-order chi connectivity index (χ1) is 13.1. The molecule has 4 rings (SSSR count). The van der Waals surface area contributed by atoms with E-state index in [-0.39, 0.29) is 31.3 Å². The molecule has 0 unspecified atom stereocenters. The molecule has 6 nitrogen and oxygen atoms in total. The second-order valence-electron chi connectivity index (χ2n) is 7.93. The van der Waals surface area contributed by atoms with Crippen LogP contribution in [0.15, 0.2) is 18.2 Å². The van der Waals surface area contributed by atoms with E-state index in [9.17, 15) is 27.6 Å². The molecular weight excluding hydrogens is 375 g/mol. The van der Waals surface area contributed by atoms with Crippen LogP contribution in [0.25, 0.3) is 0 Å². The average Bonchev–Trinajstić information content (AvgIpc) is 3.31. The fraction of sp³-hybridized carbons (Fsp3) is 0.526. The van der Waals surface area contributed by atoms with Crippen molar-refractivity contribution < 1.29 is 27.6 Å². The van der Waals surface area contributed by atoms with Crippen molar-refractivity contribution in [1.29, 1.82) is 0 Å². The van der Waals surface area contributed by atoms with Crippen LogP contribution in [-0.4, -0.2) is 28.3 Å². The standard InChI is InChI=1S/C19H20F3N3O3/c1-10(7-18(13-4-5-13)16(27)23-17(28)24-18)15(26)25-8-11-2-3-14(19(20,21)22)6-12(11)9-25/h2-3,6,10,13H,4-5,7-9H2,1H3,(H2,23,24,27,28)/t10-,18-/m1/s1. The highest BCUT2D eigenvalue weighted by molar-refractivity contribution is 6.07. The Labute approximate surface area is 159 Å². The molecule has 150 valence electrons. The fourth-order valence-electron chi connectivity index (χ4n) is 4.29. The number of benzene rings is 1. The van der Waals surface area contributed by atoms with E-state index in [0.717, 1.165) is 25.0 Å². The predicted molar refractivity (Wildman–Crippen MR) is 91.6 cm³/mol. The normalized spacial score (nSPS) is 25.4. The summed E-state index contributed by atoms with van der Waals surface area (Å²) in [7, 11) is 0. The monoisotopic (exact) mass is 395 g/mol. The molecule has 0 spiro atoms. The molecule has 9 heteroatoms. The number of carbonyl (C=O) groups is 3. The van der Waals surface area contributed by atoms with Gasteiger partial charge in [-0.3, -0.25) is 14.9 Å². The lowest BCUT2D eigenvalue weighted by Crippen LogP contribution is -2.51. The van der Waals surface area contributed by atoms with Crippen molar-refractivity contribution in [3.63, 3.8) is 0 Å². The first-order valence-electron chi connectivity index (χ1n) is 9.21. The highest BCUT2D eigenvalue weighted by atomic mass is 19.4. The molecule has 1 aromatic carbocycles. The minimum atomic E-state index is -4.43. The van der Waals surface area contributed by atoms with Crippen molar-refractivity contribution in [2.45, 2.75) is 51.0 Å². The Morgan fingerprint density at radius 1 is 1.25 bits per heavy atom. The zero-order valence-electron chi connectivity index (χ0n) is 15.2. The molecule has 2 atom stereocenters. The van der Waals surface area contributed by atoms with Gasteiger partial charge in [0.05, 0.1) is 5.56 Å². The van der Waals surface area contributed by atoms with Gasteiger partial charge in [0.1, 0.15) is 5.54 Å². The number of nitrogens with zero attached hydrogens (tertiary/aromatic N) is 1. The maximum Gasteiger partial charge on any atom is 0.416 e. The van der Waals surface area contributed by atoms with E-state index in [4.69, 9.17) is 0 Å². The Morgan fingerprint density at radius 2 is 1.93 bits per heavy atom. The first-order valence-corrected chi connectivity index (χ1v) is 9.21. The van der Waals surface area contributed by atoms with E-state index in [2.05, 4.69) is 10.6 Å². The van der Waals surface area contributed by atoms with Gasteiger partial charge in [0.25, 0.3) is 5.91 Å². The molecule has 0 radical (unpaired) electrons. The van der Waals surface area contributed by atoms with E-state index in [1.807, 2.05) is 0 Å². The molecule has 2 heterocycles. The van der Waals surface area contributed by atoms with Crippen molar-refractivity contribution in [1.82, 2.24) is 15.5 Å². The van der Waals surface area contributed by atoms with Crippen molar-refractivity contribution in [3.05, 3.63) is 34.9 Å². The van der Waals surface area contributed by atoms with Crippen LogP contribution in [0.4, 0.5) is 18.0 Å². The number of urea groups is 1. The van der Waals surface area contributed by atoms with Crippen LogP contribution in [0.3, 0.4) is 0 Å². The summed E-state index contributed by atoms with van der Waals surface area (Å²) in [5, 5.41) is 4.96. The summed E-state index contributed by atoms with van der Waals surface area (Å²) in [6, 6.07) is 2.97. The lowest BCUT2D eigenvalue weighted by atomic mass is 9.83. The summed E-state index contributed by atoms with van der Waals surface area (Å²) in [4.78, 5) is 38.4. The number of carbonyl (C=O) groups excluding carboxylic acids is 3. The largest absolute Gasteiger partial charge is 0.416 e. The molecule has 1 aromatic rings. The molecule has 1 saturated carbocycles. The third-order valence-corrected chi connectivity index (χ3v) is 5.86. The van der Waals surface area contributed by atoms with Gasteiger partial charge in [0.15, 0.2) is 0 Å². The maximum absolute atomic E-state index is 12.9. The zero-order chi connectivity index (χ0) is 20.3. The van der Waals surface area contributed by atoms with Gasteiger partial charge in [-0.2, -0.15) is 13.2 Å². The minimum absolute atomic E-state index is 0.0133. The molecule has 2 aliphatic heterocycles. The van der Waals surface area contributed by atoms with E-state index >= 15 is 0 Å². The number of halogens is 3. The van der Waals surface area contributed by atoms with Crippen molar-refractivity contribution in [2.75, 3.05) is 0 Å². The summed E-state index contributed by atoms with van der Waals surface area (Å²) in [6.07, 6.45) is -2.63. The Bertz CT molecular complexity index is 866. The van der Waals surface area contributed by atoms with Crippen LogP contribution in [0.2, 0.25) is 0 Å². The maximum atomic E-state index is 12.9. The van der Waals surface area contributed by atoms with Crippen LogP contribution in [0.5, 0.6) is 0 Å². The topological polar surface area (TPSA) is 78.5 Å². The van der Waals surface area contributed by atoms with Gasteiger partial charge in [-0.25, -0.2) is 4.79 Å². The van der Waals surface area contributed by atoms with E-state index in [1.165, 1.54) is 11.0 Å². The Kier molecular flexibility index (Phi) is 4.17. The van der Waals surface area contributed by atoms with Gasteiger partial charge in [0.2, 0.25) is 5.91 Å². The quantitative estimate of drug-likeness (QED) is 0.770. The first kappa shape index (κ1) is 18.8. The lowest BCUT2D eigenvalue weighted by Gasteiger charge is -2.30. The number of fused-ring (bicyclic) bond motifs is 1. The summed E-state index contributed by atoms with van der Waals surface area (Å²) in [5.41, 5.74) is -0.620. The van der Waals surface area contributed by atoms with Gasteiger partial charge < -0.3 is 10.2 Å². The zero-order valence-corrected chi connectivity index (χ0v) is 15.2. The molecule has 1 aliphatic carbocycles. The summed E-state index contributed by atoms with van der Waals surface area (Å²) in [6.45, 7) is 2.04. The van der Waals surface area contributed by atoms with Gasteiger partial charge in [0, 0.05) is 19.0 Å². The van der Waals surface area contributed by atoms with Gasteiger partial charge in [-0.05, 0) is 48.4 Å². The van der Waals surface area contributed by atoms with Crippen LogP contribution in [-0.2, 0) is 28.9 Å². The summed E-state index contributed by atoms with van der Waals surface area (Å²) in [5.74, 6) is -1.18. The highest BCUT2D eigenvalue weighted by Gasteiger charge is 2.56. The average molecular weight is 395 g/mol. The molecule has 1 saturated heterocycles. The Morgan fingerprint density at radius 3 is 2.50 bits per heavy atom. The number of nitrogens with one attached hydrogen (secondary N) is 2. The molecule has 0 aromatic heterocycles. The van der Waals surface area contributed by atoms with E-state index in [1.54, 1.807) is 6.92 Å². The van der Waals surface area contributed by atoms with Crippen molar-refractivity contribution >= 4 is 17.8 Å². The van der Waals surface area contributed by atoms with Crippen LogP contribution < -0.4 is 10.6 Å².